The van der Waals surface area contributed by atoms with E-state index in [0.717, 1.165) is 0 Å². The number of ether oxygens (including phenoxy) is 1. The molecule has 0 saturated carbocycles. The van der Waals surface area contributed by atoms with Crippen LogP contribution in [0.2, 0.25) is 0 Å². The number of rotatable bonds is 3. The lowest BCUT2D eigenvalue weighted by Gasteiger charge is -2.18. The Morgan fingerprint density at radius 3 is 2.13 bits per heavy atom. The van der Waals surface area contributed by atoms with Gasteiger partial charge in [0.05, 0.1) is 13.0 Å². The number of halogens is 3. The van der Waals surface area contributed by atoms with Crippen LogP contribution in [0, 0.1) is 0 Å². The maximum absolute atomic E-state index is 12.5. The Morgan fingerprint density at radius 2 is 1.80 bits per heavy atom. The van der Waals surface area contributed by atoms with Crippen molar-refractivity contribution in [2.24, 2.45) is 5.73 Å². The second kappa shape index (κ2) is 4.53. The van der Waals surface area contributed by atoms with Crippen molar-refractivity contribution in [3.63, 3.8) is 0 Å². The van der Waals surface area contributed by atoms with Gasteiger partial charge in [-0.05, 0) is 17.7 Å². The molecular formula is C10H12F3NO. The van der Waals surface area contributed by atoms with Gasteiger partial charge in [-0.15, -0.1) is 0 Å². The molecule has 2 N–H and O–H groups in total. The van der Waals surface area contributed by atoms with E-state index in [2.05, 4.69) is 0 Å². The summed E-state index contributed by atoms with van der Waals surface area (Å²) in [5, 5.41) is 0. The molecule has 0 bridgehead atoms. The highest BCUT2D eigenvalue weighted by Gasteiger charge is 2.39. The van der Waals surface area contributed by atoms with Crippen molar-refractivity contribution in [1.29, 1.82) is 0 Å². The average Bonchev–Trinajstić information content (AvgIpc) is 2.18. The second-order valence-electron chi connectivity index (χ2n) is 3.10. The summed E-state index contributed by atoms with van der Waals surface area (Å²) in [6.45, 7) is -0.449. The van der Waals surface area contributed by atoms with Gasteiger partial charge in [0, 0.05) is 6.54 Å². The standard InChI is InChI=1S/C10H12F3NO/c1-15-8-4-2-7(3-5-8)9(6-14)10(11,12)13/h2-5,9H,6,14H2,1H3. The lowest BCUT2D eigenvalue weighted by atomic mass is 9.99. The number of hydrogen-bond donors (Lipinski definition) is 1. The van der Waals surface area contributed by atoms with Gasteiger partial charge < -0.3 is 10.5 Å². The van der Waals surface area contributed by atoms with E-state index >= 15 is 0 Å². The molecule has 0 aliphatic carbocycles. The van der Waals surface area contributed by atoms with E-state index in [4.69, 9.17) is 10.5 Å². The third kappa shape index (κ3) is 2.86. The van der Waals surface area contributed by atoms with Gasteiger partial charge in [0.1, 0.15) is 5.75 Å². The van der Waals surface area contributed by atoms with Crippen LogP contribution in [-0.2, 0) is 0 Å². The molecule has 15 heavy (non-hydrogen) atoms. The molecule has 2 nitrogen and oxygen atoms in total. The van der Waals surface area contributed by atoms with E-state index in [0.29, 0.717) is 5.75 Å². The minimum Gasteiger partial charge on any atom is -0.497 e. The van der Waals surface area contributed by atoms with Crippen molar-refractivity contribution >= 4 is 0 Å². The predicted molar refractivity (Wildman–Crippen MR) is 50.8 cm³/mol. The molecule has 1 unspecified atom stereocenters. The van der Waals surface area contributed by atoms with E-state index < -0.39 is 18.6 Å². The van der Waals surface area contributed by atoms with Gasteiger partial charge in [-0.3, -0.25) is 0 Å². The Kier molecular flexibility index (Phi) is 3.57. The van der Waals surface area contributed by atoms with Crippen LogP contribution in [0.15, 0.2) is 24.3 Å². The minimum atomic E-state index is -4.30. The maximum Gasteiger partial charge on any atom is 0.396 e. The van der Waals surface area contributed by atoms with E-state index in [1.54, 1.807) is 0 Å². The third-order valence-electron chi connectivity index (χ3n) is 2.15. The first-order valence-corrected chi connectivity index (χ1v) is 4.39. The quantitative estimate of drug-likeness (QED) is 0.846. The highest BCUT2D eigenvalue weighted by molar-refractivity contribution is 5.30. The van der Waals surface area contributed by atoms with Gasteiger partial charge in [0.2, 0.25) is 0 Å². The molecule has 0 heterocycles. The SMILES string of the molecule is COc1ccc(C(CN)C(F)(F)F)cc1. The Bertz CT molecular complexity index is 307. The summed E-state index contributed by atoms with van der Waals surface area (Å²) in [6, 6.07) is 5.74. The van der Waals surface area contributed by atoms with Gasteiger partial charge in [-0.2, -0.15) is 13.2 Å². The molecule has 1 aromatic rings. The van der Waals surface area contributed by atoms with Crippen LogP contribution in [0.3, 0.4) is 0 Å². The maximum atomic E-state index is 12.5. The van der Waals surface area contributed by atoms with Gasteiger partial charge >= 0.3 is 6.18 Å². The molecule has 0 spiro atoms. The van der Waals surface area contributed by atoms with Crippen LogP contribution >= 0.6 is 0 Å². The molecule has 1 atom stereocenters. The smallest absolute Gasteiger partial charge is 0.396 e. The van der Waals surface area contributed by atoms with Crippen molar-refractivity contribution in [3.05, 3.63) is 29.8 Å². The predicted octanol–water partition coefficient (Wildman–Crippen LogP) is 2.30. The molecule has 1 aromatic carbocycles. The zero-order chi connectivity index (χ0) is 11.5. The fraction of sp³-hybridized carbons (Fsp3) is 0.400. The zero-order valence-electron chi connectivity index (χ0n) is 8.21. The molecule has 0 radical (unpaired) electrons. The summed E-state index contributed by atoms with van der Waals surface area (Å²) >= 11 is 0. The Balaban J connectivity index is 2.93. The molecule has 0 saturated heterocycles. The van der Waals surface area contributed by atoms with Gasteiger partial charge in [0.15, 0.2) is 0 Å². The number of alkyl halides is 3. The molecule has 0 aliphatic rings. The average molecular weight is 219 g/mol. The fourth-order valence-electron chi connectivity index (χ4n) is 1.29. The summed E-state index contributed by atoms with van der Waals surface area (Å²) in [5.41, 5.74) is 5.27. The van der Waals surface area contributed by atoms with Gasteiger partial charge in [-0.25, -0.2) is 0 Å². The van der Waals surface area contributed by atoms with Crippen LogP contribution < -0.4 is 10.5 Å². The first-order valence-electron chi connectivity index (χ1n) is 4.39. The summed E-state index contributed by atoms with van der Waals surface area (Å²) in [4.78, 5) is 0. The van der Waals surface area contributed by atoms with Crippen molar-refractivity contribution in [2.75, 3.05) is 13.7 Å². The van der Waals surface area contributed by atoms with Crippen molar-refractivity contribution in [1.82, 2.24) is 0 Å². The second-order valence-corrected chi connectivity index (χ2v) is 3.10. The van der Waals surface area contributed by atoms with Gasteiger partial charge in [0.25, 0.3) is 0 Å². The van der Waals surface area contributed by atoms with Crippen LogP contribution in [0.1, 0.15) is 11.5 Å². The lowest BCUT2D eigenvalue weighted by Crippen LogP contribution is -2.27. The number of nitrogens with two attached hydrogens (primary N) is 1. The fourth-order valence-corrected chi connectivity index (χ4v) is 1.29. The minimum absolute atomic E-state index is 0.158. The molecule has 0 fully saturated rings. The summed E-state index contributed by atoms with van der Waals surface area (Å²) in [7, 11) is 1.46. The summed E-state index contributed by atoms with van der Waals surface area (Å²) in [6.07, 6.45) is -4.30. The number of benzene rings is 1. The topological polar surface area (TPSA) is 35.2 Å². The highest BCUT2D eigenvalue weighted by atomic mass is 19.4. The van der Waals surface area contributed by atoms with Crippen molar-refractivity contribution in [2.45, 2.75) is 12.1 Å². The van der Waals surface area contributed by atoms with E-state index in [-0.39, 0.29) is 5.56 Å². The molecule has 0 aliphatic heterocycles. The summed E-state index contributed by atoms with van der Waals surface area (Å²) < 4.78 is 42.3. The Labute approximate surface area is 85.8 Å². The number of methoxy groups -OCH3 is 1. The number of hydrogen-bond acceptors (Lipinski definition) is 2. The van der Waals surface area contributed by atoms with E-state index in [1.165, 1.54) is 31.4 Å². The van der Waals surface area contributed by atoms with E-state index in [9.17, 15) is 13.2 Å². The van der Waals surface area contributed by atoms with Crippen LogP contribution in [0.5, 0.6) is 5.75 Å². The molecule has 84 valence electrons. The Morgan fingerprint density at radius 1 is 1.27 bits per heavy atom. The molecular weight excluding hydrogens is 207 g/mol. The third-order valence-corrected chi connectivity index (χ3v) is 2.15. The van der Waals surface area contributed by atoms with Crippen molar-refractivity contribution in [3.8, 4) is 5.75 Å². The Hall–Kier alpha value is -1.23. The zero-order valence-corrected chi connectivity index (χ0v) is 8.21. The molecule has 1 rings (SSSR count). The molecule has 0 aromatic heterocycles. The summed E-state index contributed by atoms with van der Waals surface area (Å²) in [5.74, 6) is -1.08. The van der Waals surface area contributed by atoms with Crippen LogP contribution in [0.25, 0.3) is 0 Å². The van der Waals surface area contributed by atoms with Crippen LogP contribution in [0.4, 0.5) is 13.2 Å². The lowest BCUT2D eigenvalue weighted by molar-refractivity contribution is -0.148. The first-order chi connectivity index (χ1) is 6.99. The monoisotopic (exact) mass is 219 g/mol. The highest BCUT2D eigenvalue weighted by Crippen LogP contribution is 2.34. The first kappa shape index (κ1) is 11.8. The van der Waals surface area contributed by atoms with Crippen molar-refractivity contribution < 1.29 is 17.9 Å². The normalized spacial score (nSPS) is 13.7. The largest absolute Gasteiger partial charge is 0.497 e. The molecule has 0 amide bonds. The van der Waals surface area contributed by atoms with Gasteiger partial charge in [-0.1, -0.05) is 12.1 Å². The molecule has 5 heteroatoms. The van der Waals surface area contributed by atoms with Crippen LogP contribution in [-0.4, -0.2) is 19.8 Å². The van der Waals surface area contributed by atoms with E-state index in [1.807, 2.05) is 0 Å².